The van der Waals surface area contributed by atoms with Gasteiger partial charge in [-0.05, 0) is 30.7 Å². The summed E-state index contributed by atoms with van der Waals surface area (Å²) < 4.78 is 15.8. The van der Waals surface area contributed by atoms with Gasteiger partial charge >= 0.3 is 0 Å². The highest BCUT2D eigenvalue weighted by Crippen LogP contribution is 2.39. The Morgan fingerprint density at radius 3 is 2.25 bits per heavy atom. The van der Waals surface area contributed by atoms with E-state index < -0.39 is 16.9 Å². The van der Waals surface area contributed by atoms with Gasteiger partial charge in [-0.2, -0.15) is 5.26 Å². The molecular formula is C19H19N3O6. The van der Waals surface area contributed by atoms with E-state index in [4.69, 9.17) is 14.2 Å². The number of nitrogens with one attached hydrogen (secondary N) is 1. The number of nitrogens with zero attached hydrogens (tertiary/aromatic N) is 2. The lowest BCUT2D eigenvalue weighted by atomic mass is 10.0. The molecule has 0 saturated heterocycles. The minimum atomic E-state index is -1.04. The Balaban J connectivity index is 2.40. The average Bonchev–Trinajstić information content (AvgIpc) is 2.70. The van der Waals surface area contributed by atoms with Crippen LogP contribution in [0.3, 0.4) is 0 Å². The summed E-state index contributed by atoms with van der Waals surface area (Å²) in [5.41, 5.74) is 0.566. The summed E-state index contributed by atoms with van der Waals surface area (Å²) in [6.07, 6.45) is 0. The predicted octanol–water partition coefficient (Wildman–Crippen LogP) is 2.92. The minimum absolute atomic E-state index is 0.113. The molecule has 0 aliphatic heterocycles. The van der Waals surface area contributed by atoms with Crippen molar-refractivity contribution in [2.45, 2.75) is 13.0 Å². The van der Waals surface area contributed by atoms with E-state index in [9.17, 15) is 20.2 Å². The number of amides is 1. The molecule has 2 rings (SSSR count). The van der Waals surface area contributed by atoms with Crippen LogP contribution >= 0.6 is 0 Å². The van der Waals surface area contributed by atoms with E-state index >= 15 is 0 Å². The molecule has 0 aromatic heterocycles. The number of methoxy groups -OCH3 is 3. The molecular weight excluding hydrogens is 366 g/mol. The fourth-order valence-electron chi connectivity index (χ4n) is 2.73. The van der Waals surface area contributed by atoms with Crippen LogP contribution in [0.1, 0.15) is 27.5 Å². The van der Waals surface area contributed by atoms with E-state index in [2.05, 4.69) is 5.32 Å². The van der Waals surface area contributed by atoms with Gasteiger partial charge in [-0.1, -0.05) is 6.07 Å². The topological polar surface area (TPSA) is 124 Å². The zero-order valence-corrected chi connectivity index (χ0v) is 15.8. The number of nitro benzene ring substituents is 1. The second kappa shape index (κ2) is 8.73. The molecule has 0 aliphatic carbocycles. The second-order valence-electron chi connectivity index (χ2n) is 5.70. The fourth-order valence-corrected chi connectivity index (χ4v) is 2.73. The third kappa shape index (κ3) is 3.96. The van der Waals surface area contributed by atoms with E-state index in [1.807, 2.05) is 6.07 Å². The van der Waals surface area contributed by atoms with Gasteiger partial charge in [-0.3, -0.25) is 14.9 Å². The van der Waals surface area contributed by atoms with Gasteiger partial charge in [0, 0.05) is 17.2 Å². The zero-order chi connectivity index (χ0) is 20.8. The molecule has 0 spiro atoms. The summed E-state index contributed by atoms with van der Waals surface area (Å²) in [6.45, 7) is 1.48. The number of rotatable bonds is 7. The molecule has 0 radical (unpaired) electrons. The van der Waals surface area contributed by atoms with E-state index in [1.165, 1.54) is 46.5 Å². The monoisotopic (exact) mass is 385 g/mol. The number of carbonyl (C=O) groups excluding carboxylic acids is 1. The fraction of sp³-hybridized carbons (Fsp3) is 0.263. The summed E-state index contributed by atoms with van der Waals surface area (Å²) in [5, 5.41) is 23.2. The van der Waals surface area contributed by atoms with Crippen molar-refractivity contribution in [3.05, 3.63) is 57.1 Å². The van der Waals surface area contributed by atoms with Crippen LogP contribution in [0.25, 0.3) is 0 Å². The molecule has 2 aromatic rings. The van der Waals surface area contributed by atoms with Gasteiger partial charge in [0.1, 0.15) is 6.04 Å². The molecule has 2 aromatic carbocycles. The Morgan fingerprint density at radius 1 is 1.18 bits per heavy atom. The summed E-state index contributed by atoms with van der Waals surface area (Å²) in [4.78, 5) is 23.2. The molecule has 0 bridgehead atoms. The smallest absolute Gasteiger partial charge is 0.273 e. The van der Waals surface area contributed by atoms with Crippen LogP contribution in [-0.2, 0) is 0 Å². The third-order valence-corrected chi connectivity index (χ3v) is 4.17. The van der Waals surface area contributed by atoms with Gasteiger partial charge in [0.2, 0.25) is 5.75 Å². The van der Waals surface area contributed by atoms with Gasteiger partial charge in [-0.15, -0.1) is 0 Å². The van der Waals surface area contributed by atoms with Crippen LogP contribution in [0, 0.1) is 28.4 Å². The molecule has 0 aliphatic rings. The van der Waals surface area contributed by atoms with Crippen molar-refractivity contribution >= 4 is 11.6 Å². The van der Waals surface area contributed by atoms with Crippen molar-refractivity contribution in [2.75, 3.05) is 21.3 Å². The molecule has 146 valence electrons. The molecule has 9 heteroatoms. The van der Waals surface area contributed by atoms with Crippen molar-refractivity contribution in [1.29, 1.82) is 5.26 Å². The summed E-state index contributed by atoms with van der Waals surface area (Å²) in [5.74, 6) is 0.406. The van der Waals surface area contributed by atoms with Crippen LogP contribution in [0.2, 0.25) is 0 Å². The Morgan fingerprint density at radius 2 is 1.79 bits per heavy atom. The maximum atomic E-state index is 12.6. The number of hydrogen-bond acceptors (Lipinski definition) is 7. The molecule has 28 heavy (non-hydrogen) atoms. The Bertz CT molecular complexity index is 926. The third-order valence-electron chi connectivity index (χ3n) is 4.17. The lowest BCUT2D eigenvalue weighted by molar-refractivity contribution is -0.385. The van der Waals surface area contributed by atoms with Crippen LogP contribution in [0.5, 0.6) is 17.2 Å². The molecule has 1 amide bonds. The molecule has 0 saturated carbocycles. The zero-order valence-electron chi connectivity index (χ0n) is 15.8. The van der Waals surface area contributed by atoms with Gasteiger partial charge < -0.3 is 19.5 Å². The van der Waals surface area contributed by atoms with Gasteiger partial charge in [-0.25, -0.2) is 0 Å². The first-order chi connectivity index (χ1) is 13.4. The number of carbonyl (C=O) groups is 1. The highest BCUT2D eigenvalue weighted by atomic mass is 16.6. The van der Waals surface area contributed by atoms with E-state index in [0.29, 0.717) is 22.8 Å². The standard InChI is InChI=1S/C19H19N3O6/c1-11-13(6-5-7-15(11)22(24)25)19(23)21-14(10-20)12-8-16(26-2)18(28-4)17(9-12)27-3/h5-9,14H,1-4H3,(H,21,23). The van der Waals surface area contributed by atoms with E-state index in [0.717, 1.165) is 0 Å². The molecule has 0 heterocycles. The summed E-state index contributed by atoms with van der Waals surface area (Å²) in [6, 6.07) is 8.25. The van der Waals surface area contributed by atoms with Gasteiger partial charge in [0.15, 0.2) is 11.5 Å². The number of hydrogen-bond donors (Lipinski definition) is 1. The largest absolute Gasteiger partial charge is 0.493 e. The average molecular weight is 385 g/mol. The highest BCUT2D eigenvalue weighted by Gasteiger charge is 2.23. The van der Waals surface area contributed by atoms with Crippen LogP contribution < -0.4 is 19.5 Å². The lowest BCUT2D eigenvalue weighted by Gasteiger charge is -2.17. The maximum Gasteiger partial charge on any atom is 0.273 e. The van der Waals surface area contributed by atoms with E-state index in [-0.39, 0.29) is 16.8 Å². The second-order valence-corrected chi connectivity index (χ2v) is 5.70. The van der Waals surface area contributed by atoms with E-state index in [1.54, 1.807) is 12.1 Å². The van der Waals surface area contributed by atoms with Crippen molar-refractivity contribution in [2.24, 2.45) is 0 Å². The molecule has 1 atom stereocenters. The first-order valence-corrected chi connectivity index (χ1v) is 8.12. The van der Waals surface area contributed by atoms with Crippen molar-refractivity contribution in [1.82, 2.24) is 5.32 Å². The molecule has 1 unspecified atom stereocenters. The van der Waals surface area contributed by atoms with Gasteiger partial charge in [0.05, 0.1) is 32.3 Å². The maximum absolute atomic E-state index is 12.6. The Hall–Kier alpha value is -3.80. The number of nitro groups is 1. The van der Waals surface area contributed by atoms with Crippen LogP contribution in [0.4, 0.5) is 5.69 Å². The minimum Gasteiger partial charge on any atom is -0.493 e. The first-order valence-electron chi connectivity index (χ1n) is 8.12. The number of nitriles is 1. The SMILES string of the molecule is COc1cc(C(C#N)NC(=O)c2cccc([N+](=O)[O-])c2C)cc(OC)c1OC. The number of ether oxygens (including phenoxy) is 3. The van der Waals surface area contributed by atoms with Crippen molar-refractivity contribution < 1.29 is 23.9 Å². The lowest BCUT2D eigenvalue weighted by Crippen LogP contribution is -2.28. The van der Waals surface area contributed by atoms with Crippen molar-refractivity contribution in [3.8, 4) is 23.3 Å². The Kier molecular flexibility index (Phi) is 6.39. The Labute approximate surface area is 161 Å². The molecule has 9 nitrogen and oxygen atoms in total. The molecule has 1 N–H and O–H groups in total. The number of benzene rings is 2. The predicted molar refractivity (Wildman–Crippen MR) is 99.8 cm³/mol. The van der Waals surface area contributed by atoms with Gasteiger partial charge in [0.25, 0.3) is 11.6 Å². The van der Waals surface area contributed by atoms with Crippen LogP contribution in [0.15, 0.2) is 30.3 Å². The summed E-state index contributed by atoms with van der Waals surface area (Å²) in [7, 11) is 4.33. The molecule has 0 fully saturated rings. The summed E-state index contributed by atoms with van der Waals surface area (Å²) >= 11 is 0. The van der Waals surface area contributed by atoms with Crippen LogP contribution in [-0.4, -0.2) is 32.2 Å². The van der Waals surface area contributed by atoms with Crippen molar-refractivity contribution in [3.63, 3.8) is 0 Å². The quantitative estimate of drug-likeness (QED) is 0.574. The first kappa shape index (κ1) is 20.5. The highest BCUT2D eigenvalue weighted by molar-refractivity contribution is 5.97. The normalized spacial score (nSPS) is 11.1.